The third-order valence-corrected chi connectivity index (χ3v) is 4.40. The predicted molar refractivity (Wildman–Crippen MR) is 101 cm³/mol. The minimum Gasteiger partial charge on any atom is -0.496 e. The summed E-state index contributed by atoms with van der Waals surface area (Å²) in [5.41, 5.74) is -4.98. The molecule has 0 aliphatic heterocycles. The molecule has 1 aromatic carbocycles. The molecule has 26 heavy (non-hydrogen) atoms. The van der Waals surface area contributed by atoms with Gasteiger partial charge in [-0.3, -0.25) is 9.19 Å². The first-order valence-corrected chi connectivity index (χ1v) is 8.42. The number of aromatic nitrogens is 4. The maximum Gasteiger partial charge on any atom is 0.197 e. The molecule has 0 aliphatic carbocycles. The Hall–Kier alpha value is -2.93. The van der Waals surface area contributed by atoms with E-state index in [1.807, 2.05) is 0 Å². The number of nitrogens with zero attached hydrogens (tertiary/aromatic N) is 3. The van der Waals surface area contributed by atoms with Gasteiger partial charge in [-0.1, -0.05) is 0 Å². The maximum absolute atomic E-state index is 13.4. The Morgan fingerprint density at radius 3 is 3.12 bits per heavy atom. The minimum atomic E-state index is -3.09. The number of methoxy groups -OCH3 is 1. The number of H-pyrrole nitrogens is 1. The highest BCUT2D eigenvalue weighted by Gasteiger charge is 2.15. The molecule has 7 heteroatoms. The van der Waals surface area contributed by atoms with Crippen LogP contribution in [0.3, 0.4) is 0 Å². The third kappa shape index (κ3) is 3.01. The fourth-order valence-electron chi connectivity index (χ4n) is 2.24. The average molecular weight is 378 g/mol. The lowest BCUT2D eigenvalue weighted by Crippen LogP contribution is -2.03. The molecule has 0 bridgehead atoms. The number of imidazole rings is 1. The second-order valence-corrected chi connectivity index (χ2v) is 6.21. The van der Waals surface area contributed by atoms with E-state index in [2.05, 4.69) is 15.0 Å². The molecular weight excluding hydrogens is 348 g/mol. The lowest BCUT2D eigenvalue weighted by atomic mass is 10.2. The molecule has 3 aromatic heterocycles. The molecule has 4 aromatic rings. The van der Waals surface area contributed by atoms with Gasteiger partial charge in [-0.25, -0.2) is 4.98 Å². The van der Waals surface area contributed by atoms with Crippen molar-refractivity contribution in [3.63, 3.8) is 0 Å². The molecule has 0 amide bonds. The summed E-state index contributed by atoms with van der Waals surface area (Å²) in [5, 5.41) is -0.536. The minimum absolute atomic E-state index is 0.0485. The molecule has 0 saturated carbocycles. The second kappa shape index (κ2) is 6.76. The van der Waals surface area contributed by atoms with Crippen LogP contribution < -0.4 is 4.74 Å². The van der Waals surface area contributed by atoms with Crippen LogP contribution in [0, 0.1) is 6.85 Å². The first kappa shape index (κ1) is 8.18. The number of aromatic amines is 1. The van der Waals surface area contributed by atoms with E-state index >= 15 is 0 Å². The normalized spacial score (nSPS) is 20.1. The summed E-state index contributed by atoms with van der Waals surface area (Å²) in [7, 11) is -5.85. The van der Waals surface area contributed by atoms with E-state index in [-0.39, 0.29) is 28.8 Å². The Morgan fingerprint density at radius 1 is 1.42 bits per heavy atom. The highest BCUT2D eigenvalue weighted by molar-refractivity contribution is 7.84. The summed E-state index contributed by atoms with van der Waals surface area (Å²) in [5.74, 6) is -0.674. The second-order valence-electron chi connectivity index (χ2n) is 5.09. The van der Waals surface area contributed by atoms with Crippen LogP contribution in [-0.2, 0) is 16.5 Å². The van der Waals surface area contributed by atoms with Crippen LogP contribution in [0.5, 0.6) is 5.75 Å². The predicted octanol–water partition coefficient (Wildman–Crippen LogP) is 3.37. The van der Waals surface area contributed by atoms with Crippen molar-refractivity contribution < 1.29 is 24.0 Å². The van der Waals surface area contributed by atoms with E-state index in [4.69, 9.17) is 19.8 Å². The highest BCUT2D eigenvalue weighted by atomic mass is 32.2. The Bertz CT molecular complexity index is 1510. The number of ether oxygens (including phenoxy) is 1. The number of fused-ring (bicyclic) bond motifs is 1. The van der Waals surface area contributed by atoms with Gasteiger partial charge in [-0.15, -0.1) is 0 Å². The van der Waals surface area contributed by atoms with Crippen molar-refractivity contribution in [2.75, 3.05) is 7.04 Å². The van der Waals surface area contributed by atoms with Gasteiger partial charge in [0, 0.05) is 36.7 Å². The van der Waals surface area contributed by atoms with Crippen LogP contribution in [0.1, 0.15) is 26.3 Å². The van der Waals surface area contributed by atoms with Crippen LogP contribution in [-0.4, -0.2) is 30.8 Å². The summed E-state index contributed by atoms with van der Waals surface area (Å²) in [6, 6.07) is 3.29. The maximum atomic E-state index is 13.4. The monoisotopic (exact) mass is 377 g/mol. The van der Waals surface area contributed by atoms with E-state index < -0.39 is 58.6 Å². The first-order chi connectivity index (χ1) is 17.0. The molecule has 1 N–H and O–H groups in total. The molecule has 1 atom stereocenters. The van der Waals surface area contributed by atoms with Gasteiger partial charge in [0.05, 0.1) is 48.5 Å². The number of rotatable bonds is 5. The van der Waals surface area contributed by atoms with Crippen LogP contribution in [0.15, 0.2) is 60.1 Å². The molecule has 6 nitrogen and oxygen atoms in total. The molecule has 0 aliphatic rings. The van der Waals surface area contributed by atoms with Crippen molar-refractivity contribution in [1.29, 1.82) is 0 Å². The average Bonchev–Trinajstić information content (AvgIpc) is 3.46. The molecule has 4 rings (SSSR count). The molecule has 0 spiro atoms. The Morgan fingerprint density at radius 2 is 2.31 bits per heavy atom. The van der Waals surface area contributed by atoms with E-state index in [1.54, 1.807) is 24.5 Å². The molecule has 3 heterocycles. The summed E-state index contributed by atoms with van der Waals surface area (Å²) in [6.07, 6.45) is 4.07. The largest absolute Gasteiger partial charge is 0.496 e. The van der Waals surface area contributed by atoms with Crippen LogP contribution >= 0.6 is 0 Å². The van der Waals surface area contributed by atoms with Gasteiger partial charge in [0.25, 0.3) is 0 Å². The zero-order chi connectivity index (χ0) is 27.5. The number of nitrogens with one attached hydrogen (secondary N) is 1. The van der Waals surface area contributed by atoms with Crippen molar-refractivity contribution >= 4 is 21.8 Å². The molecule has 1 unspecified atom stereocenters. The third-order valence-electron chi connectivity index (χ3n) is 3.48. The van der Waals surface area contributed by atoms with Crippen LogP contribution in [0.2, 0.25) is 0 Å². The van der Waals surface area contributed by atoms with Crippen molar-refractivity contribution in [3.8, 4) is 11.4 Å². The van der Waals surface area contributed by atoms with Gasteiger partial charge in [0.15, 0.2) is 5.16 Å². The summed E-state index contributed by atoms with van der Waals surface area (Å²) in [4.78, 5) is 10.3. The van der Waals surface area contributed by atoms with Gasteiger partial charge >= 0.3 is 0 Å². The smallest absolute Gasteiger partial charge is 0.197 e. The lowest BCUT2D eigenvalue weighted by molar-refractivity contribution is 0.410. The number of hydrogen-bond donors (Lipinski definition) is 1. The number of benzene rings is 1. The summed E-state index contributed by atoms with van der Waals surface area (Å²) in [6.45, 7) is -3.09. The summed E-state index contributed by atoms with van der Waals surface area (Å²) >= 11 is 0. The molecule has 0 saturated heterocycles. The van der Waals surface area contributed by atoms with Crippen molar-refractivity contribution in [2.45, 2.75) is 17.7 Å². The SMILES string of the molecule is [2H]c1c(-n2cccc2)c([2H])c2[nH]c(S(=O)C([2H])([2H])c3nccc(OC([2H])([2H])[2H])c3C([2H])([2H])[2H])nc2c1[2H]. The quantitative estimate of drug-likeness (QED) is 0.579. The van der Waals surface area contributed by atoms with Crippen molar-refractivity contribution in [1.82, 2.24) is 19.5 Å². The Kier molecular flexibility index (Phi) is 2.13. The Balaban J connectivity index is 1.88. The Labute approximate surface area is 168 Å². The van der Waals surface area contributed by atoms with Gasteiger partial charge < -0.3 is 14.3 Å². The van der Waals surface area contributed by atoms with E-state index in [1.165, 1.54) is 4.57 Å². The van der Waals surface area contributed by atoms with Crippen LogP contribution in [0.4, 0.5) is 0 Å². The molecule has 0 radical (unpaired) electrons. The zero-order valence-electron chi connectivity index (χ0n) is 24.0. The van der Waals surface area contributed by atoms with Gasteiger partial charge in [-0.05, 0) is 43.2 Å². The number of hydrogen-bond acceptors (Lipinski definition) is 4. The fraction of sp³-hybridized carbons (Fsp3) is 0.158. The first-order valence-electron chi connectivity index (χ1n) is 12.8. The van der Waals surface area contributed by atoms with Crippen LogP contribution in [0.25, 0.3) is 16.7 Å². The van der Waals surface area contributed by atoms with E-state index in [9.17, 15) is 4.21 Å². The van der Waals surface area contributed by atoms with Gasteiger partial charge in [0.2, 0.25) is 0 Å². The van der Waals surface area contributed by atoms with E-state index in [0.717, 1.165) is 12.3 Å². The molecule has 0 fully saturated rings. The molecule has 132 valence electrons. The fourth-order valence-corrected chi connectivity index (χ4v) is 3.04. The van der Waals surface area contributed by atoms with Gasteiger partial charge in [0.1, 0.15) is 5.75 Å². The number of pyridine rings is 1. The van der Waals surface area contributed by atoms with Crippen molar-refractivity contribution in [3.05, 3.63) is 66.2 Å². The standard InChI is InChI=1S/C19H18N4O2S/c1-13-17(20-8-7-18(13)25-2)12-26(24)19-21-15-6-5-14(11-16(15)22-19)23-9-3-4-10-23/h3-11H,12H2,1-2H3,(H,21,22)/i1D3,2D3,5D,6D,11D,12D2. The topological polar surface area (TPSA) is 72.8 Å². The highest BCUT2D eigenvalue weighted by Crippen LogP contribution is 2.22. The van der Waals surface area contributed by atoms with E-state index in [0.29, 0.717) is 0 Å². The van der Waals surface area contributed by atoms with Gasteiger partial charge in [-0.2, -0.15) is 0 Å². The lowest BCUT2D eigenvalue weighted by Gasteiger charge is -2.08. The zero-order valence-corrected chi connectivity index (χ0v) is 13.8. The summed E-state index contributed by atoms with van der Waals surface area (Å²) < 4.78 is 107. The molecular formula is C19H18N4O2S. The van der Waals surface area contributed by atoms with Crippen molar-refractivity contribution in [2.24, 2.45) is 0 Å².